The first-order chi connectivity index (χ1) is 9.13. The molecule has 2 rings (SSSR count). The average Bonchev–Trinajstić information content (AvgIpc) is 2.43. The normalized spacial score (nSPS) is 13.6. The van der Waals surface area contributed by atoms with Crippen molar-refractivity contribution in [2.45, 2.75) is 13.0 Å². The molecule has 0 amide bonds. The summed E-state index contributed by atoms with van der Waals surface area (Å²) in [6, 6.07) is 1.53. The second-order valence-corrected chi connectivity index (χ2v) is 4.62. The molecule has 1 aliphatic rings. The number of fused-ring (bicyclic) bond motifs is 1. The molecule has 1 aromatic heterocycles. The highest BCUT2D eigenvalue weighted by molar-refractivity contribution is 7.80. The van der Waals surface area contributed by atoms with Crippen molar-refractivity contribution >= 4 is 23.3 Å². The largest absolute Gasteiger partial charge is 0.478 e. The Morgan fingerprint density at radius 2 is 2.47 bits per heavy atom. The number of nitrogens with zero attached hydrogens (tertiary/aromatic N) is 2. The molecule has 19 heavy (non-hydrogen) atoms. The average molecular weight is 277 g/mol. The van der Waals surface area contributed by atoms with E-state index in [2.05, 4.69) is 16.9 Å². The zero-order valence-corrected chi connectivity index (χ0v) is 11.2. The maximum absolute atomic E-state index is 11.2. The van der Waals surface area contributed by atoms with Crippen LogP contribution in [0.4, 0.5) is 0 Å². The van der Waals surface area contributed by atoms with Crippen LogP contribution in [0.5, 0.6) is 0 Å². The molecule has 2 heterocycles. The van der Waals surface area contributed by atoms with Crippen molar-refractivity contribution in [1.82, 2.24) is 15.2 Å². The number of hydrogen-bond donors (Lipinski definition) is 2. The van der Waals surface area contributed by atoms with Crippen molar-refractivity contribution in [3.8, 4) is 0 Å². The van der Waals surface area contributed by atoms with E-state index in [-0.39, 0.29) is 0 Å². The van der Waals surface area contributed by atoms with Crippen molar-refractivity contribution < 1.29 is 9.90 Å². The Morgan fingerprint density at radius 1 is 1.68 bits per heavy atom. The van der Waals surface area contributed by atoms with Crippen LogP contribution in [0.2, 0.25) is 0 Å². The van der Waals surface area contributed by atoms with Crippen LogP contribution in [0.25, 0.3) is 0 Å². The Balaban J connectivity index is 2.20. The Labute approximate surface area is 116 Å². The predicted octanol–water partition coefficient (Wildman–Crippen LogP) is 1.20. The number of aromatic carboxylic acids is 1. The van der Waals surface area contributed by atoms with Gasteiger partial charge < -0.3 is 15.3 Å². The monoisotopic (exact) mass is 277 g/mol. The van der Waals surface area contributed by atoms with Gasteiger partial charge in [-0.2, -0.15) is 0 Å². The van der Waals surface area contributed by atoms with Crippen LogP contribution < -0.4 is 5.32 Å². The van der Waals surface area contributed by atoms with Gasteiger partial charge in [0.2, 0.25) is 0 Å². The molecule has 0 aromatic carbocycles. The minimum absolute atomic E-state index is 0.307. The number of pyridine rings is 1. The second-order valence-electron chi connectivity index (χ2n) is 4.24. The molecule has 0 saturated carbocycles. The van der Waals surface area contributed by atoms with E-state index in [0.29, 0.717) is 30.2 Å². The van der Waals surface area contributed by atoms with E-state index < -0.39 is 5.97 Å². The maximum atomic E-state index is 11.2. The highest BCUT2D eigenvalue weighted by Crippen LogP contribution is 2.21. The van der Waals surface area contributed by atoms with Crippen LogP contribution in [0, 0.1) is 0 Å². The van der Waals surface area contributed by atoms with Gasteiger partial charge in [-0.15, -0.1) is 6.58 Å². The highest BCUT2D eigenvalue weighted by Gasteiger charge is 2.23. The molecule has 0 fully saturated rings. The Hall–Kier alpha value is -1.95. The first-order valence-electron chi connectivity index (χ1n) is 5.97. The summed E-state index contributed by atoms with van der Waals surface area (Å²) in [6.45, 7) is 5.44. The molecule has 6 heteroatoms. The summed E-state index contributed by atoms with van der Waals surface area (Å²) in [5.41, 5.74) is 1.91. The molecule has 0 aliphatic carbocycles. The summed E-state index contributed by atoms with van der Waals surface area (Å²) in [7, 11) is 0. The van der Waals surface area contributed by atoms with E-state index in [9.17, 15) is 9.90 Å². The number of nitrogens with one attached hydrogen (secondary N) is 1. The lowest BCUT2D eigenvalue weighted by atomic mass is 10.0. The van der Waals surface area contributed by atoms with Crippen molar-refractivity contribution in [2.75, 3.05) is 13.1 Å². The lowest BCUT2D eigenvalue weighted by molar-refractivity contribution is 0.0694. The molecule has 0 bridgehead atoms. The molecular weight excluding hydrogens is 262 g/mol. The molecule has 1 aromatic rings. The molecule has 0 unspecified atom stereocenters. The van der Waals surface area contributed by atoms with E-state index in [1.54, 1.807) is 12.3 Å². The minimum atomic E-state index is -0.925. The van der Waals surface area contributed by atoms with Crippen molar-refractivity contribution in [2.24, 2.45) is 0 Å². The number of aromatic nitrogens is 1. The summed E-state index contributed by atoms with van der Waals surface area (Å²) >= 11 is 5.28. The summed E-state index contributed by atoms with van der Waals surface area (Å²) in [5, 5.41) is 12.9. The predicted molar refractivity (Wildman–Crippen MR) is 76.1 cm³/mol. The number of thiocarbonyl (C=S) groups is 1. The minimum Gasteiger partial charge on any atom is -0.478 e. The molecule has 1 aliphatic heterocycles. The third-order valence-corrected chi connectivity index (χ3v) is 3.43. The Bertz CT molecular complexity index is 531. The SMILES string of the molecule is C=CCNC(=S)N1CCc2nccc(C(=O)O)c2C1. The van der Waals surface area contributed by atoms with Crippen LogP contribution >= 0.6 is 12.2 Å². The van der Waals surface area contributed by atoms with Gasteiger partial charge in [0.25, 0.3) is 0 Å². The third kappa shape index (κ3) is 2.90. The fraction of sp³-hybridized carbons (Fsp3) is 0.308. The second kappa shape index (κ2) is 5.79. The fourth-order valence-electron chi connectivity index (χ4n) is 2.08. The third-order valence-electron chi connectivity index (χ3n) is 3.03. The van der Waals surface area contributed by atoms with Gasteiger partial charge in [0.15, 0.2) is 5.11 Å². The Kier molecular flexibility index (Phi) is 4.11. The fourth-order valence-corrected chi connectivity index (χ4v) is 2.32. The summed E-state index contributed by atoms with van der Waals surface area (Å²) in [4.78, 5) is 17.4. The maximum Gasteiger partial charge on any atom is 0.336 e. The molecule has 2 N–H and O–H groups in total. The number of rotatable bonds is 3. The molecule has 0 saturated heterocycles. The molecule has 0 spiro atoms. The molecule has 0 atom stereocenters. The van der Waals surface area contributed by atoms with Crippen molar-refractivity contribution in [3.63, 3.8) is 0 Å². The highest BCUT2D eigenvalue weighted by atomic mass is 32.1. The Morgan fingerprint density at radius 3 is 3.16 bits per heavy atom. The lowest BCUT2D eigenvalue weighted by Crippen LogP contribution is -2.43. The summed E-state index contributed by atoms with van der Waals surface area (Å²) in [5.74, 6) is -0.925. The van der Waals surface area contributed by atoms with Gasteiger partial charge in [-0.1, -0.05) is 6.08 Å². The standard InChI is InChI=1S/C13H15N3O2S/c1-2-5-15-13(19)16-7-4-11-10(8-16)9(12(17)18)3-6-14-11/h2-3,6H,1,4-5,7-8H2,(H,15,19)(H,17,18). The zero-order valence-electron chi connectivity index (χ0n) is 10.4. The van der Waals surface area contributed by atoms with Crippen LogP contribution in [0.1, 0.15) is 21.6 Å². The van der Waals surface area contributed by atoms with E-state index in [1.807, 2.05) is 4.90 Å². The molecule has 5 nitrogen and oxygen atoms in total. The van der Waals surface area contributed by atoms with E-state index >= 15 is 0 Å². The topological polar surface area (TPSA) is 65.5 Å². The van der Waals surface area contributed by atoms with E-state index in [0.717, 1.165) is 17.8 Å². The van der Waals surface area contributed by atoms with Crippen molar-refractivity contribution in [3.05, 3.63) is 41.7 Å². The van der Waals surface area contributed by atoms with Gasteiger partial charge in [-0.05, 0) is 18.3 Å². The van der Waals surface area contributed by atoms with E-state index in [1.165, 1.54) is 6.07 Å². The number of carboxylic acids is 1. The van der Waals surface area contributed by atoms with Gasteiger partial charge in [-0.3, -0.25) is 4.98 Å². The summed E-state index contributed by atoms with van der Waals surface area (Å²) in [6.07, 6.45) is 3.98. The van der Waals surface area contributed by atoms with Crippen LogP contribution in [0.3, 0.4) is 0 Å². The number of carboxylic acid groups (broad SMARTS) is 1. The van der Waals surface area contributed by atoms with Crippen LogP contribution in [0.15, 0.2) is 24.9 Å². The lowest BCUT2D eigenvalue weighted by Gasteiger charge is -2.31. The van der Waals surface area contributed by atoms with Gasteiger partial charge >= 0.3 is 5.97 Å². The number of carbonyl (C=O) groups is 1. The molecular formula is C13H15N3O2S. The quantitative estimate of drug-likeness (QED) is 0.639. The van der Waals surface area contributed by atoms with Gasteiger partial charge in [0.1, 0.15) is 0 Å². The summed E-state index contributed by atoms with van der Waals surface area (Å²) < 4.78 is 0. The van der Waals surface area contributed by atoms with Crippen LogP contribution in [-0.2, 0) is 13.0 Å². The van der Waals surface area contributed by atoms with E-state index in [4.69, 9.17) is 12.2 Å². The van der Waals surface area contributed by atoms with Gasteiger partial charge in [0.05, 0.1) is 5.56 Å². The van der Waals surface area contributed by atoms with Crippen LogP contribution in [-0.4, -0.2) is 39.2 Å². The first-order valence-corrected chi connectivity index (χ1v) is 6.38. The molecule has 100 valence electrons. The molecule has 0 radical (unpaired) electrons. The smallest absolute Gasteiger partial charge is 0.336 e. The first kappa shape index (κ1) is 13.5. The van der Waals surface area contributed by atoms with Gasteiger partial charge in [0, 0.05) is 43.5 Å². The zero-order chi connectivity index (χ0) is 13.8. The van der Waals surface area contributed by atoms with Gasteiger partial charge in [-0.25, -0.2) is 4.79 Å². The van der Waals surface area contributed by atoms with Crippen molar-refractivity contribution in [1.29, 1.82) is 0 Å². The number of hydrogen-bond acceptors (Lipinski definition) is 3.